The van der Waals surface area contributed by atoms with E-state index in [1.165, 1.54) is 0 Å². The monoisotopic (exact) mass is 277 g/mol. The molecule has 0 aliphatic heterocycles. The summed E-state index contributed by atoms with van der Waals surface area (Å²) in [6.45, 7) is 1.80. The molecular formula is C15H19NO4. The van der Waals surface area contributed by atoms with Crippen molar-refractivity contribution in [2.45, 2.75) is 31.7 Å². The Morgan fingerprint density at radius 2 is 2.00 bits per heavy atom. The molecule has 1 aliphatic rings. The van der Waals surface area contributed by atoms with E-state index in [0.29, 0.717) is 5.75 Å². The van der Waals surface area contributed by atoms with Crippen molar-refractivity contribution < 1.29 is 19.4 Å². The quantitative estimate of drug-likeness (QED) is 0.797. The average molecular weight is 277 g/mol. The predicted molar refractivity (Wildman–Crippen MR) is 73.5 cm³/mol. The molecule has 1 amide bonds. The van der Waals surface area contributed by atoms with Crippen LogP contribution in [-0.2, 0) is 9.59 Å². The molecule has 0 bridgehead atoms. The van der Waals surface area contributed by atoms with E-state index in [1.807, 2.05) is 30.3 Å². The van der Waals surface area contributed by atoms with E-state index in [9.17, 15) is 14.7 Å². The van der Waals surface area contributed by atoms with Gasteiger partial charge in [-0.1, -0.05) is 18.2 Å². The average Bonchev–Trinajstić information content (AvgIpc) is 3.24. The van der Waals surface area contributed by atoms with E-state index in [1.54, 1.807) is 6.92 Å². The van der Waals surface area contributed by atoms with Gasteiger partial charge in [0.2, 0.25) is 5.91 Å². The van der Waals surface area contributed by atoms with Gasteiger partial charge in [0.15, 0.2) is 0 Å². The molecular weight excluding hydrogens is 258 g/mol. The van der Waals surface area contributed by atoms with Crippen molar-refractivity contribution in [3.05, 3.63) is 30.3 Å². The maximum Gasteiger partial charge on any atom is 0.329 e. The number of rotatable bonds is 7. The number of benzene rings is 1. The van der Waals surface area contributed by atoms with Crippen LogP contribution in [0.15, 0.2) is 30.3 Å². The van der Waals surface area contributed by atoms with E-state index in [-0.39, 0.29) is 24.9 Å². The minimum absolute atomic E-state index is 0.0407. The fourth-order valence-electron chi connectivity index (χ4n) is 2.12. The van der Waals surface area contributed by atoms with Crippen molar-refractivity contribution in [1.82, 2.24) is 5.32 Å². The molecule has 108 valence electrons. The molecule has 1 atom stereocenters. The highest BCUT2D eigenvalue weighted by Crippen LogP contribution is 2.39. The molecule has 0 saturated heterocycles. The van der Waals surface area contributed by atoms with Crippen LogP contribution in [0.1, 0.15) is 26.2 Å². The van der Waals surface area contributed by atoms with Gasteiger partial charge in [-0.05, 0) is 37.8 Å². The first-order valence-corrected chi connectivity index (χ1v) is 6.74. The van der Waals surface area contributed by atoms with Gasteiger partial charge in [0.05, 0.1) is 13.0 Å². The Kier molecular flexibility index (Phi) is 4.27. The second-order valence-electron chi connectivity index (χ2n) is 5.24. The molecule has 20 heavy (non-hydrogen) atoms. The summed E-state index contributed by atoms with van der Waals surface area (Å²) >= 11 is 0. The van der Waals surface area contributed by atoms with Gasteiger partial charge in [-0.25, -0.2) is 4.79 Å². The summed E-state index contributed by atoms with van der Waals surface area (Å²) in [5, 5.41) is 11.9. The summed E-state index contributed by atoms with van der Waals surface area (Å²) in [5.41, 5.74) is -1.15. The third kappa shape index (κ3) is 3.50. The van der Waals surface area contributed by atoms with Gasteiger partial charge in [0, 0.05) is 0 Å². The molecule has 0 heterocycles. The Labute approximate surface area is 117 Å². The minimum Gasteiger partial charge on any atom is -0.493 e. The molecule has 1 aromatic rings. The lowest BCUT2D eigenvalue weighted by molar-refractivity contribution is -0.148. The summed E-state index contributed by atoms with van der Waals surface area (Å²) < 4.78 is 5.42. The van der Waals surface area contributed by atoms with Crippen LogP contribution in [0.25, 0.3) is 0 Å². The molecule has 0 spiro atoms. The van der Waals surface area contributed by atoms with Crippen LogP contribution in [0.3, 0.4) is 0 Å². The number of nitrogens with one attached hydrogen (secondary N) is 1. The number of amides is 1. The second kappa shape index (κ2) is 5.94. The summed E-state index contributed by atoms with van der Waals surface area (Å²) in [6, 6.07) is 9.20. The molecule has 2 rings (SSSR count). The van der Waals surface area contributed by atoms with E-state index < -0.39 is 11.5 Å². The predicted octanol–water partition coefficient (Wildman–Crippen LogP) is 1.83. The van der Waals surface area contributed by atoms with Gasteiger partial charge in [0.1, 0.15) is 11.3 Å². The number of carboxylic acids is 1. The standard InChI is InChI=1S/C15H19NO4/c1-15(14(18)19,11-7-8-11)16-13(17)9-10-20-12-5-3-2-4-6-12/h2-6,11H,7-10H2,1H3,(H,16,17)(H,18,19). The summed E-state index contributed by atoms with van der Waals surface area (Å²) in [6.07, 6.45) is 1.84. The number of carbonyl (C=O) groups excluding carboxylic acids is 1. The van der Waals surface area contributed by atoms with E-state index in [4.69, 9.17) is 4.74 Å². The minimum atomic E-state index is -1.15. The molecule has 1 aliphatic carbocycles. The van der Waals surface area contributed by atoms with Crippen molar-refractivity contribution in [2.24, 2.45) is 5.92 Å². The number of carbonyl (C=O) groups is 2. The molecule has 1 unspecified atom stereocenters. The third-order valence-corrected chi connectivity index (χ3v) is 3.58. The van der Waals surface area contributed by atoms with Gasteiger partial charge < -0.3 is 15.2 Å². The maximum absolute atomic E-state index is 11.8. The molecule has 5 nitrogen and oxygen atoms in total. The van der Waals surface area contributed by atoms with Crippen LogP contribution in [0.4, 0.5) is 0 Å². The number of para-hydroxylation sites is 1. The lowest BCUT2D eigenvalue weighted by Crippen LogP contribution is -2.54. The van der Waals surface area contributed by atoms with E-state index in [0.717, 1.165) is 12.8 Å². The van der Waals surface area contributed by atoms with E-state index >= 15 is 0 Å². The lowest BCUT2D eigenvalue weighted by atomic mass is 9.96. The highest BCUT2D eigenvalue weighted by molar-refractivity contribution is 5.87. The number of ether oxygens (including phenoxy) is 1. The SMILES string of the molecule is CC(NC(=O)CCOc1ccccc1)(C(=O)O)C1CC1. The van der Waals surface area contributed by atoms with Gasteiger partial charge in [0.25, 0.3) is 0 Å². The highest BCUT2D eigenvalue weighted by Gasteiger charge is 2.48. The molecule has 2 N–H and O–H groups in total. The highest BCUT2D eigenvalue weighted by atomic mass is 16.5. The fourth-order valence-corrected chi connectivity index (χ4v) is 2.12. The molecule has 1 saturated carbocycles. The first kappa shape index (κ1) is 14.4. The Morgan fingerprint density at radius 1 is 1.35 bits per heavy atom. The maximum atomic E-state index is 11.8. The third-order valence-electron chi connectivity index (χ3n) is 3.58. The summed E-state index contributed by atoms with van der Waals surface area (Å²) in [7, 11) is 0. The Balaban J connectivity index is 1.79. The normalized spacial score (nSPS) is 17.1. The molecule has 1 fully saturated rings. The van der Waals surface area contributed by atoms with Gasteiger partial charge in [-0.3, -0.25) is 4.79 Å². The van der Waals surface area contributed by atoms with Crippen molar-refractivity contribution >= 4 is 11.9 Å². The molecule has 5 heteroatoms. The smallest absolute Gasteiger partial charge is 0.329 e. The summed E-state index contributed by atoms with van der Waals surface area (Å²) in [4.78, 5) is 23.1. The number of hydrogen-bond donors (Lipinski definition) is 2. The first-order valence-electron chi connectivity index (χ1n) is 6.74. The first-order chi connectivity index (χ1) is 9.52. The van der Waals surface area contributed by atoms with Crippen LogP contribution in [0, 0.1) is 5.92 Å². The number of hydrogen-bond acceptors (Lipinski definition) is 3. The van der Waals surface area contributed by atoms with Crippen molar-refractivity contribution in [2.75, 3.05) is 6.61 Å². The van der Waals surface area contributed by atoms with Crippen LogP contribution >= 0.6 is 0 Å². The van der Waals surface area contributed by atoms with E-state index in [2.05, 4.69) is 5.32 Å². The van der Waals surface area contributed by atoms with Crippen molar-refractivity contribution in [3.8, 4) is 5.75 Å². The molecule has 0 radical (unpaired) electrons. The van der Waals surface area contributed by atoms with Crippen LogP contribution in [0.5, 0.6) is 5.75 Å². The largest absolute Gasteiger partial charge is 0.493 e. The fraction of sp³-hybridized carbons (Fsp3) is 0.467. The Bertz CT molecular complexity index is 484. The second-order valence-corrected chi connectivity index (χ2v) is 5.24. The number of carboxylic acid groups (broad SMARTS) is 1. The summed E-state index contributed by atoms with van der Waals surface area (Å²) in [5.74, 6) is -0.530. The van der Waals surface area contributed by atoms with Crippen LogP contribution < -0.4 is 10.1 Å². The lowest BCUT2D eigenvalue weighted by Gasteiger charge is -2.26. The van der Waals surface area contributed by atoms with Crippen molar-refractivity contribution in [1.29, 1.82) is 0 Å². The van der Waals surface area contributed by atoms with Crippen LogP contribution in [0.2, 0.25) is 0 Å². The topological polar surface area (TPSA) is 75.6 Å². The zero-order valence-electron chi connectivity index (χ0n) is 11.5. The zero-order chi connectivity index (χ0) is 14.6. The Morgan fingerprint density at radius 3 is 2.55 bits per heavy atom. The van der Waals surface area contributed by atoms with Gasteiger partial charge >= 0.3 is 5.97 Å². The van der Waals surface area contributed by atoms with Crippen molar-refractivity contribution in [3.63, 3.8) is 0 Å². The number of aliphatic carboxylic acids is 1. The molecule has 0 aromatic heterocycles. The van der Waals surface area contributed by atoms with Gasteiger partial charge in [-0.2, -0.15) is 0 Å². The molecule has 1 aromatic carbocycles. The zero-order valence-corrected chi connectivity index (χ0v) is 11.5. The Hall–Kier alpha value is -2.04. The van der Waals surface area contributed by atoms with Crippen LogP contribution in [-0.4, -0.2) is 29.1 Å². The van der Waals surface area contributed by atoms with Gasteiger partial charge in [-0.15, -0.1) is 0 Å².